The quantitative estimate of drug-likeness (QED) is 0.243. The summed E-state index contributed by atoms with van der Waals surface area (Å²) in [6.45, 7) is 13.1. The summed E-state index contributed by atoms with van der Waals surface area (Å²) in [5.41, 5.74) is 11.7. The molecule has 1 aromatic heterocycles. The van der Waals surface area contributed by atoms with Crippen LogP contribution in [0.5, 0.6) is 0 Å². The first-order valence-electron chi connectivity index (χ1n) is 19.8. The van der Waals surface area contributed by atoms with Crippen molar-refractivity contribution in [3.8, 4) is 22.4 Å². The van der Waals surface area contributed by atoms with Crippen molar-refractivity contribution in [3.63, 3.8) is 0 Å². The number of methoxy groups -OCH3 is 1. The molecule has 0 spiro atoms. The van der Waals surface area contributed by atoms with Crippen LogP contribution < -0.4 is 10.8 Å². The van der Waals surface area contributed by atoms with Gasteiger partial charge >= 0.3 is 13.2 Å². The molecule has 6 aliphatic rings. The van der Waals surface area contributed by atoms with Crippen molar-refractivity contribution in [1.82, 2.24) is 20.2 Å². The van der Waals surface area contributed by atoms with E-state index in [4.69, 9.17) is 19.0 Å². The number of carbonyl (C=O) groups excluding carboxylic acids is 2. The summed E-state index contributed by atoms with van der Waals surface area (Å²) in [7, 11) is 0.988. The van der Waals surface area contributed by atoms with E-state index in [1.807, 2.05) is 24.9 Å². The molecular formula is C42H53BN4O5. The summed E-state index contributed by atoms with van der Waals surface area (Å²) in [5.74, 6) is 2.95. The average molecular weight is 705 g/mol. The number of carbonyl (C=O) groups is 2. The Labute approximate surface area is 308 Å². The number of nitrogens with zero attached hydrogens (tertiary/aromatic N) is 2. The first kappa shape index (κ1) is 34.2. The number of alkyl carbamates (subject to hydrolysis) is 1. The molecule has 2 amide bonds. The molecule has 52 heavy (non-hydrogen) atoms. The van der Waals surface area contributed by atoms with Crippen LogP contribution in [-0.2, 0) is 18.8 Å². The molecule has 10 heteroatoms. The van der Waals surface area contributed by atoms with E-state index in [1.165, 1.54) is 78.9 Å². The molecule has 6 atom stereocenters. The summed E-state index contributed by atoms with van der Waals surface area (Å²) in [4.78, 5) is 36.4. The van der Waals surface area contributed by atoms with Gasteiger partial charge < -0.3 is 29.2 Å². The summed E-state index contributed by atoms with van der Waals surface area (Å²) in [5, 5.41) is 2.76. The molecule has 2 aromatic carbocycles. The second-order valence-electron chi connectivity index (χ2n) is 17.7. The first-order chi connectivity index (χ1) is 24.9. The van der Waals surface area contributed by atoms with Gasteiger partial charge in [0.15, 0.2) is 0 Å². The molecule has 2 saturated carbocycles. The van der Waals surface area contributed by atoms with Crippen molar-refractivity contribution < 1.29 is 23.6 Å². The largest absolute Gasteiger partial charge is 0.495 e. The number of benzene rings is 2. The van der Waals surface area contributed by atoms with Gasteiger partial charge in [0.05, 0.1) is 36.2 Å². The van der Waals surface area contributed by atoms with Crippen LogP contribution in [0.2, 0.25) is 0 Å². The molecule has 4 bridgehead atoms. The number of nitrogens with one attached hydrogen (secondary N) is 2. The Balaban J connectivity index is 1.07. The van der Waals surface area contributed by atoms with Crippen molar-refractivity contribution in [1.29, 1.82) is 0 Å². The van der Waals surface area contributed by atoms with Crippen molar-refractivity contribution in [2.24, 2.45) is 5.92 Å². The standard InChI is InChI=1S/C42H53BN4O5/c1-22(2)37(46-40(49)50-7)39(48)47-18-8-9-32(47)38-44-21-31(45-38)29-15-14-27(33-23-10-11-25(19-23)35(29)33)28-16-17-30(36-26-13-12-24(20-26)34(28)36)43-51-41(3,4)42(5,6)52-43/h14-17,21-26,32,37H,8-13,18-20H2,1-7H3,(H,44,45)(H,46,49). The highest BCUT2D eigenvalue weighted by molar-refractivity contribution is 6.62. The Morgan fingerprint density at radius 2 is 1.42 bits per heavy atom. The van der Waals surface area contributed by atoms with E-state index >= 15 is 0 Å². The lowest BCUT2D eigenvalue weighted by Gasteiger charge is -2.32. The van der Waals surface area contributed by atoms with Crippen LogP contribution in [0.15, 0.2) is 30.5 Å². The maximum absolute atomic E-state index is 13.8. The van der Waals surface area contributed by atoms with Gasteiger partial charge in [-0.2, -0.15) is 0 Å². The zero-order valence-corrected chi connectivity index (χ0v) is 31.8. The Bertz CT molecular complexity index is 1940. The normalized spacial score (nSPS) is 28.1. The van der Waals surface area contributed by atoms with Crippen LogP contribution in [0.1, 0.15) is 151 Å². The van der Waals surface area contributed by atoms with Gasteiger partial charge in [-0.25, -0.2) is 9.78 Å². The third-order valence-corrected chi connectivity index (χ3v) is 14.0. The topological polar surface area (TPSA) is 106 Å². The van der Waals surface area contributed by atoms with E-state index in [0.717, 1.165) is 24.4 Å². The van der Waals surface area contributed by atoms with Gasteiger partial charge in [0, 0.05) is 12.1 Å². The maximum Gasteiger partial charge on any atom is 0.495 e. The fraction of sp³-hybridized carbons (Fsp3) is 0.595. The zero-order chi connectivity index (χ0) is 36.3. The molecule has 3 aromatic rings. The zero-order valence-electron chi connectivity index (χ0n) is 31.8. The highest BCUT2D eigenvalue weighted by Crippen LogP contribution is 2.61. The molecule has 0 radical (unpaired) electrons. The number of hydrogen-bond acceptors (Lipinski definition) is 6. The number of rotatable bonds is 7. The van der Waals surface area contributed by atoms with Crippen LogP contribution in [0, 0.1) is 5.92 Å². The van der Waals surface area contributed by atoms with Crippen molar-refractivity contribution in [2.45, 2.75) is 140 Å². The predicted molar refractivity (Wildman–Crippen MR) is 202 cm³/mol. The van der Waals surface area contributed by atoms with Gasteiger partial charge in [-0.1, -0.05) is 38.1 Å². The second-order valence-corrected chi connectivity index (χ2v) is 17.7. The smallest absolute Gasteiger partial charge is 0.453 e. The molecule has 2 aliphatic heterocycles. The van der Waals surface area contributed by atoms with E-state index in [1.54, 1.807) is 11.1 Å². The van der Waals surface area contributed by atoms with Crippen molar-refractivity contribution in [2.75, 3.05) is 13.7 Å². The third-order valence-electron chi connectivity index (χ3n) is 14.0. The Morgan fingerprint density at radius 1 is 0.865 bits per heavy atom. The van der Waals surface area contributed by atoms with E-state index in [0.29, 0.717) is 30.2 Å². The van der Waals surface area contributed by atoms with Crippen LogP contribution in [0.4, 0.5) is 4.79 Å². The minimum absolute atomic E-state index is 0.0761. The highest BCUT2D eigenvalue weighted by atomic mass is 16.7. The van der Waals surface area contributed by atoms with Crippen LogP contribution >= 0.6 is 0 Å². The SMILES string of the molecule is COC(=O)NC(C(=O)N1CCCC1c1ncc(-c2ccc(-c3ccc(B4OC(C)(C)C(C)(C)O4)c4c3C3CCC4C3)c3c2C2CCC3C2)[nH]1)C(C)C. The molecule has 4 fully saturated rings. The van der Waals surface area contributed by atoms with Crippen LogP contribution in [0.25, 0.3) is 22.4 Å². The van der Waals surface area contributed by atoms with Gasteiger partial charge in [0.1, 0.15) is 11.9 Å². The number of aromatic nitrogens is 2. The summed E-state index contributed by atoms with van der Waals surface area (Å²) < 4.78 is 18.1. The lowest BCUT2D eigenvalue weighted by atomic mass is 9.69. The molecule has 4 aliphatic carbocycles. The highest BCUT2D eigenvalue weighted by Gasteiger charge is 2.54. The molecular weight excluding hydrogens is 651 g/mol. The lowest BCUT2D eigenvalue weighted by Crippen LogP contribution is -2.51. The third kappa shape index (κ3) is 5.13. The predicted octanol–water partition coefficient (Wildman–Crippen LogP) is 7.82. The van der Waals surface area contributed by atoms with Gasteiger partial charge in [-0.3, -0.25) is 4.79 Å². The monoisotopic (exact) mass is 704 g/mol. The van der Waals surface area contributed by atoms with Crippen molar-refractivity contribution >= 4 is 24.6 Å². The van der Waals surface area contributed by atoms with Gasteiger partial charge in [-0.15, -0.1) is 0 Å². The Morgan fingerprint density at radius 3 is 2.04 bits per heavy atom. The first-order valence-corrected chi connectivity index (χ1v) is 19.8. The number of ether oxygens (including phenoxy) is 1. The molecule has 2 N–H and O–H groups in total. The van der Waals surface area contributed by atoms with Gasteiger partial charge in [-0.05, 0) is 147 Å². The fourth-order valence-corrected chi connectivity index (χ4v) is 10.8. The Kier molecular flexibility index (Phi) is 8.02. The van der Waals surface area contributed by atoms with E-state index in [2.05, 4.69) is 62.3 Å². The molecule has 9 rings (SSSR count). The lowest BCUT2D eigenvalue weighted by molar-refractivity contribution is -0.135. The van der Waals surface area contributed by atoms with E-state index < -0.39 is 12.1 Å². The number of H-pyrrole nitrogens is 1. The number of aromatic amines is 1. The van der Waals surface area contributed by atoms with Gasteiger partial charge in [0.2, 0.25) is 5.91 Å². The summed E-state index contributed by atoms with van der Waals surface area (Å²) in [6.07, 6.45) is 10.6. The summed E-state index contributed by atoms with van der Waals surface area (Å²) in [6, 6.07) is 8.62. The molecule has 2 saturated heterocycles. The van der Waals surface area contributed by atoms with Crippen molar-refractivity contribution in [3.05, 3.63) is 58.5 Å². The molecule has 3 heterocycles. The van der Waals surface area contributed by atoms with E-state index in [9.17, 15) is 9.59 Å². The molecule has 9 nitrogen and oxygen atoms in total. The average Bonchev–Trinajstić information content (AvgIpc) is 3.98. The number of amides is 2. The molecule has 6 unspecified atom stereocenters. The maximum atomic E-state index is 13.8. The summed E-state index contributed by atoms with van der Waals surface area (Å²) >= 11 is 0. The second kappa shape index (κ2) is 12.2. The van der Waals surface area contributed by atoms with Gasteiger partial charge in [0.25, 0.3) is 0 Å². The fourth-order valence-electron chi connectivity index (χ4n) is 10.8. The molecule has 274 valence electrons. The Hall–Kier alpha value is -3.63. The number of imidazole rings is 1. The number of likely N-dealkylation sites (tertiary alicyclic amines) is 1. The van der Waals surface area contributed by atoms with Crippen LogP contribution in [0.3, 0.4) is 0 Å². The minimum Gasteiger partial charge on any atom is -0.453 e. The van der Waals surface area contributed by atoms with Crippen LogP contribution in [-0.4, -0.2) is 64.9 Å². The van der Waals surface area contributed by atoms with E-state index in [-0.39, 0.29) is 36.2 Å². The number of hydrogen-bond donors (Lipinski definition) is 2. The number of fused-ring (bicyclic) bond motifs is 10. The minimum atomic E-state index is -0.656.